The van der Waals surface area contributed by atoms with Gasteiger partial charge in [-0.3, -0.25) is 9.69 Å². The summed E-state index contributed by atoms with van der Waals surface area (Å²) in [5.41, 5.74) is 0. The van der Waals surface area contributed by atoms with E-state index in [9.17, 15) is 4.79 Å². The van der Waals surface area contributed by atoms with E-state index in [1.54, 1.807) is 4.90 Å². The molecule has 1 amide bonds. The molecule has 6 heteroatoms. The fourth-order valence-corrected chi connectivity index (χ4v) is 3.56. The maximum atomic E-state index is 12.8. The molecule has 0 radical (unpaired) electrons. The SMILES string of the molecule is CC1CN(C(C)C(=O)N(C)CC2COc3ccccc3O2)CC(C)O1. The summed E-state index contributed by atoms with van der Waals surface area (Å²) >= 11 is 0. The lowest BCUT2D eigenvalue weighted by Crippen LogP contribution is -2.55. The lowest BCUT2D eigenvalue weighted by atomic mass is 10.1. The van der Waals surface area contributed by atoms with Crippen LogP contribution < -0.4 is 9.47 Å². The first-order valence-electron chi connectivity index (χ1n) is 8.97. The van der Waals surface area contributed by atoms with Gasteiger partial charge in [0.05, 0.1) is 24.8 Å². The van der Waals surface area contributed by atoms with E-state index >= 15 is 0 Å². The maximum Gasteiger partial charge on any atom is 0.239 e. The first-order valence-corrected chi connectivity index (χ1v) is 8.97. The average molecular weight is 348 g/mol. The van der Waals surface area contributed by atoms with Crippen LogP contribution in [0.1, 0.15) is 20.8 Å². The van der Waals surface area contributed by atoms with Gasteiger partial charge in [-0.1, -0.05) is 12.1 Å². The topological polar surface area (TPSA) is 51.2 Å². The maximum absolute atomic E-state index is 12.8. The molecular weight excluding hydrogens is 320 g/mol. The number of likely N-dealkylation sites (N-methyl/N-ethyl adjacent to an activating group) is 1. The number of fused-ring (bicyclic) bond motifs is 1. The number of para-hydroxylation sites is 2. The summed E-state index contributed by atoms with van der Waals surface area (Å²) in [5, 5.41) is 0. The Balaban J connectivity index is 1.56. The van der Waals surface area contributed by atoms with Gasteiger partial charge < -0.3 is 19.1 Å². The molecule has 0 bridgehead atoms. The molecule has 0 N–H and O–H groups in total. The van der Waals surface area contributed by atoms with Gasteiger partial charge in [0.1, 0.15) is 6.61 Å². The number of amides is 1. The Kier molecular flexibility index (Phi) is 5.49. The van der Waals surface area contributed by atoms with Crippen molar-refractivity contribution < 1.29 is 19.0 Å². The van der Waals surface area contributed by atoms with E-state index < -0.39 is 0 Å². The number of morpholine rings is 1. The van der Waals surface area contributed by atoms with Crippen LogP contribution in [0.5, 0.6) is 11.5 Å². The third kappa shape index (κ3) is 4.25. The van der Waals surface area contributed by atoms with Gasteiger partial charge in [0.15, 0.2) is 17.6 Å². The van der Waals surface area contributed by atoms with Crippen LogP contribution in [0.25, 0.3) is 0 Å². The fraction of sp³-hybridized carbons (Fsp3) is 0.632. The number of hydrogen-bond acceptors (Lipinski definition) is 5. The summed E-state index contributed by atoms with van der Waals surface area (Å²) in [4.78, 5) is 16.8. The molecule has 1 saturated heterocycles. The molecule has 3 rings (SSSR count). The van der Waals surface area contributed by atoms with Gasteiger partial charge in [0.2, 0.25) is 5.91 Å². The molecule has 0 saturated carbocycles. The van der Waals surface area contributed by atoms with Crippen molar-refractivity contribution >= 4 is 5.91 Å². The number of ether oxygens (including phenoxy) is 3. The van der Waals surface area contributed by atoms with Gasteiger partial charge >= 0.3 is 0 Å². The number of benzene rings is 1. The minimum atomic E-state index is -0.171. The molecule has 1 aromatic rings. The Morgan fingerprint density at radius 2 is 1.88 bits per heavy atom. The summed E-state index contributed by atoms with van der Waals surface area (Å²) in [7, 11) is 1.83. The highest BCUT2D eigenvalue weighted by atomic mass is 16.6. The largest absolute Gasteiger partial charge is 0.486 e. The number of carbonyl (C=O) groups is 1. The number of hydrogen-bond donors (Lipinski definition) is 0. The molecule has 2 heterocycles. The molecule has 4 atom stereocenters. The molecule has 138 valence electrons. The van der Waals surface area contributed by atoms with Gasteiger partial charge in [0, 0.05) is 20.1 Å². The predicted molar refractivity (Wildman–Crippen MR) is 95.0 cm³/mol. The number of rotatable bonds is 4. The van der Waals surface area contributed by atoms with Crippen LogP contribution in [-0.4, -0.2) is 73.3 Å². The molecule has 0 spiro atoms. The van der Waals surface area contributed by atoms with Crippen LogP contribution in [0, 0.1) is 0 Å². The Labute approximate surface area is 149 Å². The van der Waals surface area contributed by atoms with Crippen molar-refractivity contribution in [2.24, 2.45) is 0 Å². The molecule has 2 aliphatic heterocycles. The lowest BCUT2D eigenvalue weighted by Gasteiger charge is -2.39. The Bertz CT molecular complexity index is 599. The number of carbonyl (C=O) groups excluding carboxylic acids is 1. The normalized spacial score (nSPS) is 27.6. The number of nitrogens with zero attached hydrogens (tertiary/aromatic N) is 2. The molecule has 6 nitrogen and oxygen atoms in total. The van der Waals surface area contributed by atoms with Crippen molar-refractivity contribution in [3.8, 4) is 11.5 Å². The van der Waals surface area contributed by atoms with Gasteiger partial charge in [-0.15, -0.1) is 0 Å². The van der Waals surface area contributed by atoms with Crippen LogP contribution in [0.2, 0.25) is 0 Å². The van der Waals surface area contributed by atoms with Crippen LogP contribution in [0.3, 0.4) is 0 Å². The van der Waals surface area contributed by atoms with Crippen molar-refractivity contribution in [3.63, 3.8) is 0 Å². The quantitative estimate of drug-likeness (QED) is 0.830. The fourth-order valence-electron chi connectivity index (χ4n) is 3.56. The zero-order chi connectivity index (χ0) is 18.0. The molecule has 2 aliphatic rings. The van der Waals surface area contributed by atoms with E-state index in [2.05, 4.69) is 4.90 Å². The van der Waals surface area contributed by atoms with E-state index in [4.69, 9.17) is 14.2 Å². The average Bonchev–Trinajstić information content (AvgIpc) is 2.59. The van der Waals surface area contributed by atoms with E-state index in [1.807, 2.05) is 52.1 Å². The van der Waals surface area contributed by atoms with E-state index in [-0.39, 0.29) is 30.3 Å². The van der Waals surface area contributed by atoms with Gasteiger partial charge in [-0.25, -0.2) is 0 Å². The second-order valence-electron chi connectivity index (χ2n) is 7.10. The zero-order valence-corrected chi connectivity index (χ0v) is 15.5. The molecule has 0 aromatic heterocycles. The lowest BCUT2D eigenvalue weighted by molar-refractivity contribution is -0.141. The Hall–Kier alpha value is -1.79. The highest BCUT2D eigenvalue weighted by Gasteiger charge is 2.32. The van der Waals surface area contributed by atoms with E-state index in [0.29, 0.717) is 13.2 Å². The van der Waals surface area contributed by atoms with E-state index in [1.165, 1.54) is 0 Å². The van der Waals surface area contributed by atoms with Crippen LogP contribution >= 0.6 is 0 Å². The minimum absolute atomic E-state index is 0.101. The second-order valence-corrected chi connectivity index (χ2v) is 7.10. The summed E-state index contributed by atoms with van der Waals surface area (Å²) in [6, 6.07) is 7.45. The minimum Gasteiger partial charge on any atom is -0.486 e. The summed E-state index contributed by atoms with van der Waals surface area (Å²) in [6.07, 6.45) is 0.144. The van der Waals surface area contributed by atoms with Gasteiger partial charge in [-0.2, -0.15) is 0 Å². The molecule has 25 heavy (non-hydrogen) atoms. The highest BCUT2D eigenvalue weighted by molar-refractivity contribution is 5.81. The summed E-state index contributed by atoms with van der Waals surface area (Å²) in [5.74, 6) is 1.60. The Morgan fingerprint density at radius 3 is 2.56 bits per heavy atom. The molecule has 1 aromatic carbocycles. The van der Waals surface area contributed by atoms with Crippen LogP contribution in [-0.2, 0) is 9.53 Å². The van der Waals surface area contributed by atoms with Gasteiger partial charge in [0.25, 0.3) is 0 Å². The zero-order valence-electron chi connectivity index (χ0n) is 15.5. The predicted octanol–water partition coefficient (Wildman–Crippen LogP) is 1.78. The molecule has 4 unspecified atom stereocenters. The Morgan fingerprint density at radius 1 is 1.24 bits per heavy atom. The second kappa shape index (κ2) is 7.62. The monoisotopic (exact) mass is 348 g/mol. The first-order chi connectivity index (χ1) is 11.9. The molecular formula is C19H28N2O4. The smallest absolute Gasteiger partial charge is 0.239 e. The van der Waals surface area contributed by atoms with Crippen molar-refractivity contribution in [2.45, 2.75) is 45.1 Å². The first kappa shape index (κ1) is 18.0. The van der Waals surface area contributed by atoms with Crippen molar-refractivity contribution in [1.82, 2.24) is 9.80 Å². The van der Waals surface area contributed by atoms with Gasteiger partial charge in [-0.05, 0) is 32.9 Å². The summed E-state index contributed by atoms with van der Waals surface area (Å²) < 4.78 is 17.4. The van der Waals surface area contributed by atoms with E-state index in [0.717, 1.165) is 24.6 Å². The summed E-state index contributed by atoms with van der Waals surface area (Å²) in [6.45, 7) is 8.59. The molecule has 0 aliphatic carbocycles. The van der Waals surface area contributed by atoms with Crippen LogP contribution in [0.15, 0.2) is 24.3 Å². The van der Waals surface area contributed by atoms with Crippen molar-refractivity contribution in [1.29, 1.82) is 0 Å². The molecule has 1 fully saturated rings. The third-order valence-corrected chi connectivity index (χ3v) is 4.77. The standard InChI is InChI=1S/C19H28N2O4/c1-13-9-21(10-14(2)24-13)15(3)19(22)20(4)11-16-12-23-17-7-5-6-8-18(17)25-16/h5-8,13-16H,9-12H2,1-4H3. The van der Waals surface area contributed by atoms with Crippen LogP contribution in [0.4, 0.5) is 0 Å². The van der Waals surface area contributed by atoms with Crippen molar-refractivity contribution in [3.05, 3.63) is 24.3 Å². The highest BCUT2D eigenvalue weighted by Crippen LogP contribution is 2.31. The van der Waals surface area contributed by atoms with Crippen molar-refractivity contribution in [2.75, 3.05) is 33.3 Å². The third-order valence-electron chi connectivity index (χ3n) is 4.77.